The Bertz CT molecular complexity index is 401. The van der Waals surface area contributed by atoms with E-state index in [-0.39, 0.29) is 0 Å². The summed E-state index contributed by atoms with van der Waals surface area (Å²) in [6, 6.07) is 0.799. The normalized spacial score (nSPS) is 17.4. The number of nitrogens with zero attached hydrogens (tertiary/aromatic N) is 1. The fourth-order valence-electron chi connectivity index (χ4n) is 2.85. The van der Waals surface area contributed by atoms with Crippen LogP contribution in [0.5, 0.6) is 0 Å². The molecule has 114 valence electrons. The number of nitrogens with one attached hydrogen (secondary N) is 1. The third-order valence-corrected chi connectivity index (χ3v) is 3.69. The average molecular weight is 278 g/mol. The lowest BCUT2D eigenvalue weighted by Crippen LogP contribution is -2.17. The van der Waals surface area contributed by atoms with E-state index in [0.717, 1.165) is 43.5 Å². The molecule has 2 rings (SSSR count). The van der Waals surface area contributed by atoms with E-state index in [4.69, 9.17) is 4.42 Å². The molecule has 1 unspecified atom stereocenters. The fourth-order valence-corrected chi connectivity index (χ4v) is 2.85. The molecule has 1 N–H and O–H groups in total. The highest BCUT2D eigenvalue weighted by molar-refractivity contribution is 4.96. The van der Waals surface area contributed by atoms with Crippen molar-refractivity contribution in [1.29, 1.82) is 0 Å². The lowest BCUT2D eigenvalue weighted by atomic mass is 9.84. The second kappa shape index (κ2) is 6.75. The van der Waals surface area contributed by atoms with Crippen molar-refractivity contribution >= 4 is 0 Å². The Hall–Kier alpha value is -0.830. The molecular weight excluding hydrogens is 248 g/mol. The second-order valence-electron chi connectivity index (χ2n) is 7.63. The van der Waals surface area contributed by atoms with Gasteiger partial charge in [-0.3, -0.25) is 0 Å². The highest BCUT2D eigenvalue weighted by atomic mass is 16.4. The third-order valence-electron chi connectivity index (χ3n) is 3.69. The Balaban J connectivity index is 1.67. The molecule has 0 radical (unpaired) electrons. The Morgan fingerprint density at radius 1 is 1.40 bits per heavy atom. The van der Waals surface area contributed by atoms with Gasteiger partial charge in [0.25, 0.3) is 0 Å². The first-order chi connectivity index (χ1) is 9.42. The van der Waals surface area contributed by atoms with Gasteiger partial charge in [-0.2, -0.15) is 0 Å². The van der Waals surface area contributed by atoms with Crippen LogP contribution in [-0.2, 0) is 12.8 Å². The van der Waals surface area contributed by atoms with Crippen LogP contribution in [0, 0.1) is 11.3 Å². The molecule has 0 bridgehead atoms. The molecule has 0 amide bonds. The van der Waals surface area contributed by atoms with Gasteiger partial charge < -0.3 is 9.73 Å². The van der Waals surface area contributed by atoms with E-state index >= 15 is 0 Å². The van der Waals surface area contributed by atoms with Gasteiger partial charge in [0.05, 0.1) is 6.20 Å². The summed E-state index contributed by atoms with van der Waals surface area (Å²) >= 11 is 0. The molecule has 3 heteroatoms. The van der Waals surface area contributed by atoms with Gasteiger partial charge in [0.1, 0.15) is 5.76 Å². The van der Waals surface area contributed by atoms with Gasteiger partial charge in [0.15, 0.2) is 5.89 Å². The fraction of sp³-hybridized carbons (Fsp3) is 0.824. The molecule has 1 aromatic heterocycles. The maximum Gasteiger partial charge on any atom is 0.194 e. The maximum absolute atomic E-state index is 5.85. The van der Waals surface area contributed by atoms with Crippen molar-refractivity contribution in [3.63, 3.8) is 0 Å². The first kappa shape index (κ1) is 15.6. The predicted molar refractivity (Wildman–Crippen MR) is 82.8 cm³/mol. The summed E-state index contributed by atoms with van der Waals surface area (Å²) in [5, 5.41) is 3.52. The lowest BCUT2D eigenvalue weighted by Gasteiger charge is -2.22. The zero-order valence-electron chi connectivity index (χ0n) is 13.5. The molecule has 1 saturated carbocycles. The number of hydrogen-bond acceptors (Lipinski definition) is 3. The summed E-state index contributed by atoms with van der Waals surface area (Å²) in [4.78, 5) is 4.40. The zero-order chi connectivity index (χ0) is 14.6. The van der Waals surface area contributed by atoms with Crippen molar-refractivity contribution in [2.75, 3.05) is 6.54 Å². The van der Waals surface area contributed by atoms with Gasteiger partial charge in [-0.25, -0.2) is 4.98 Å². The number of rotatable bonds is 8. The summed E-state index contributed by atoms with van der Waals surface area (Å²) in [7, 11) is 0. The first-order valence-electron chi connectivity index (χ1n) is 8.09. The molecule has 1 atom stereocenters. The molecular formula is C17H30N2O. The molecule has 1 heterocycles. The highest BCUT2D eigenvalue weighted by Crippen LogP contribution is 2.26. The van der Waals surface area contributed by atoms with Gasteiger partial charge in [-0.1, -0.05) is 27.7 Å². The van der Waals surface area contributed by atoms with Crippen molar-refractivity contribution in [3.05, 3.63) is 17.8 Å². The Morgan fingerprint density at radius 2 is 2.15 bits per heavy atom. The van der Waals surface area contributed by atoms with Crippen molar-refractivity contribution in [1.82, 2.24) is 10.3 Å². The minimum absolute atomic E-state index is 0.386. The molecule has 1 aliphatic rings. The van der Waals surface area contributed by atoms with E-state index in [1.54, 1.807) is 0 Å². The Morgan fingerprint density at radius 3 is 2.80 bits per heavy atom. The van der Waals surface area contributed by atoms with Crippen LogP contribution in [0.15, 0.2) is 10.6 Å². The molecule has 0 saturated heterocycles. The Labute approximate surface area is 123 Å². The molecule has 1 aromatic rings. The maximum atomic E-state index is 5.85. The topological polar surface area (TPSA) is 38.1 Å². The van der Waals surface area contributed by atoms with Gasteiger partial charge in [0, 0.05) is 18.9 Å². The van der Waals surface area contributed by atoms with E-state index in [2.05, 4.69) is 38.0 Å². The third kappa shape index (κ3) is 6.08. The summed E-state index contributed by atoms with van der Waals surface area (Å²) in [6.07, 6.45) is 8.92. The highest BCUT2D eigenvalue weighted by Gasteiger charge is 2.20. The predicted octanol–water partition coefficient (Wildman–Crippen LogP) is 3.97. The van der Waals surface area contributed by atoms with Crippen molar-refractivity contribution < 1.29 is 4.42 Å². The van der Waals surface area contributed by atoms with Crippen LogP contribution in [0.25, 0.3) is 0 Å². The molecule has 20 heavy (non-hydrogen) atoms. The summed E-state index contributed by atoms with van der Waals surface area (Å²) in [5.74, 6) is 2.60. The van der Waals surface area contributed by atoms with Gasteiger partial charge in [0.2, 0.25) is 0 Å². The van der Waals surface area contributed by atoms with Crippen molar-refractivity contribution in [2.45, 2.75) is 72.3 Å². The monoisotopic (exact) mass is 278 g/mol. The summed E-state index contributed by atoms with van der Waals surface area (Å²) < 4.78 is 5.85. The van der Waals surface area contributed by atoms with Crippen LogP contribution in [0.2, 0.25) is 0 Å². The number of hydrogen-bond donors (Lipinski definition) is 1. The minimum Gasteiger partial charge on any atom is -0.446 e. The number of aryl methyl sites for hydroxylation is 1. The standard InChI is InChI=1S/C17H30N2O/c1-13(11-17(2,3)4)10-15-12-19-16(20-15)6-5-9-18-14-7-8-14/h12-14,18H,5-11H2,1-4H3. The lowest BCUT2D eigenvalue weighted by molar-refractivity contribution is 0.294. The average Bonchev–Trinajstić information content (AvgIpc) is 3.03. The Kier molecular flexibility index (Phi) is 5.25. The van der Waals surface area contributed by atoms with Crippen LogP contribution in [0.1, 0.15) is 65.0 Å². The van der Waals surface area contributed by atoms with E-state index in [9.17, 15) is 0 Å². The van der Waals surface area contributed by atoms with Crippen LogP contribution in [0.3, 0.4) is 0 Å². The van der Waals surface area contributed by atoms with E-state index in [0.29, 0.717) is 11.3 Å². The van der Waals surface area contributed by atoms with E-state index in [1.165, 1.54) is 19.3 Å². The van der Waals surface area contributed by atoms with E-state index < -0.39 is 0 Å². The molecule has 1 fully saturated rings. The van der Waals surface area contributed by atoms with Crippen molar-refractivity contribution in [3.8, 4) is 0 Å². The number of oxazole rings is 1. The summed E-state index contributed by atoms with van der Waals surface area (Å²) in [6.45, 7) is 10.3. The molecule has 0 aromatic carbocycles. The van der Waals surface area contributed by atoms with Crippen LogP contribution in [0.4, 0.5) is 0 Å². The van der Waals surface area contributed by atoms with Gasteiger partial charge in [-0.15, -0.1) is 0 Å². The largest absolute Gasteiger partial charge is 0.446 e. The van der Waals surface area contributed by atoms with Crippen LogP contribution < -0.4 is 5.32 Å². The minimum atomic E-state index is 0.386. The molecule has 0 spiro atoms. The van der Waals surface area contributed by atoms with E-state index in [1.807, 2.05) is 6.20 Å². The smallest absolute Gasteiger partial charge is 0.194 e. The van der Waals surface area contributed by atoms with Crippen LogP contribution in [-0.4, -0.2) is 17.6 Å². The first-order valence-corrected chi connectivity index (χ1v) is 8.09. The quantitative estimate of drug-likeness (QED) is 0.731. The molecule has 3 nitrogen and oxygen atoms in total. The zero-order valence-corrected chi connectivity index (χ0v) is 13.5. The number of aromatic nitrogens is 1. The van der Waals surface area contributed by atoms with Gasteiger partial charge >= 0.3 is 0 Å². The van der Waals surface area contributed by atoms with Crippen LogP contribution >= 0.6 is 0 Å². The summed E-state index contributed by atoms with van der Waals surface area (Å²) in [5.41, 5.74) is 0.386. The molecule has 0 aliphatic heterocycles. The van der Waals surface area contributed by atoms with Crippen molar-refractivity contribution in [2.24, 2.45) is 11.3 Å². The van der Waals surface area contributed by atoms with Gasteiger partial charge in [-0.05, 0) is 43.6 Å². The second-order valence-corrected chi connectivity index (χ2v) is 7.63. The molecule has 1 aliphatic carbocycles. The SMILES string of the molecule is CC(Cc1cnc(CCCNC2CC2)o1)CC(C)(C)C.